The van der Waals surface area contributed by atoms with E-state index in [0.29, 0.717) is 12.8 Å². The lowest BCUT2D eigenvalue weighted by molar-refractivity contribution is 0.0301. The smallest absolute Gasteiger partial charge is 0.157 e. The highest BCUT2D eigenvalue weighted by Crippen LogP contribution is 2.54. The Kier molecular flexibility index (Phi) is 2.87. The second-order valence-electron chi connectivity index (χ2n) is 7.27. The maximum absolute atomic E-state index is 12.4. The first-order chi connectivity index (χ1) is 11.5. The maximum Gasteiger partial charge on any atom is 0.157 e. The van der Waals surface area contributed by atoms with Gasteiger partial charge in [-0.3, -0.25) is 0 Å². The van der Waals surface area contributed by atoms with Gasteiger partial charge in [0.2, 0.25) is 0 Å². The second kappa shape index (κ2) is 4.70. The summed E-state index contributed by atoms with van der Waals surface area (Å²) in [5.41, 5.74) is 1.63. The van der Waals surface area contributed by atoms with Gasteiger partial charge < -0.3 is 9.64 Å². The Labute approximate surface area is 140 Å². The van der Waals surface area contributed by atoms with Crippen LogP contribution < -0.4 is 4.90 Å². The van der Waals surface area contributed by atoms with Crippen molar-refractivity contribution in [2.75, 3.05) is 24.2 Å². The van der Waals surface area contributed by atoms with Gasteiger partial charge in [-0.1, -0.05) is 0 Å². The highest BCUT2D eigenvalue weighted by atomic mass is 32.2. The van der Waals surface area contributed by atoms with E-state index in [9.17, 15) is 8.42 Å². The fourth-order valence-electron chi connectivity index (χ4n) is 4.18. The maximum atomic E-state index is 12.4. The normalized spacial score (nSPS) is 28.5. The molecule has 7 nitrogen and oxygen atoms in total. The number of aromatic nitrogens is 3. The molecule has 24 heavy (non-hydrogen) atoms. The van der Waals surface area contributed by atoms with E-state index in [2.05, 4.69) is 15.0 Å². The topological polar surface area (TPSA) is 76.8 Å². The van der Waals surface area contributed by atoms with Crippen LogP contribution in [0.15, 0.2) is 18.6 Å². The minimum absolute atomic E-state index is 0.261. The van der Waals surface area contributed by atoms with Gasteiger partial charge in [-0.2, -0.15) is 0 Å². The monoisotopic (exact) mass is 348 g/mol. The molecule has 2 aliphatic heterocycles. The first-order valence-corrected chi connectivity index (χ1v) is 10.3. The fourth-order valence-corrected chi connectivity index (χ4v) is 5.58. The summed E-state index contributed by atoms with van der Waals surface area (Å²) in [4.78, 5) is 6.41. The molecule has 128 valence electrons. The number of hydrogen-bond donors (Lipinski definition) is 0. The van der Waals surface area contributed by atoms with Gasteiger partial charge in [0.1, 0.15) is 12.1 Å². The lowest BCUT2D eigenvalue weighted by Crippen LogP contribution is -2.43. The minimum Gasteiger partial charge on any atom is -0.371 e. The molecule has 2 aromatic heterocycles. The number of hydrogen-bond acceptors (Lipinski definition) is 6. The number of ether oxygens (including phenoxy) is 1. The van der Waals surface area contributed by atoms with E-state index in [0.717, 1.165) is 42.8 Å². The van der Waals surface area contributed by atoms with E-state index in [1.807, 2.05) is 6.07 Å². The molecule has 0 amide bonds. The zero-order valence-corrected chi connectivity index (χ0v) is 14.4. The fraction of sp³-hybridized carbons (Fsp3) is 0.625. The Hall–Kier alpha value is -1.67. The summed E-state index contributed by atoms with van der Waals surface area (Å²) >= 11 is 0. The van der Waals surface area contributed by atoms with Crippen molar-refractivity contribution in [3.05, 3.63) is 24.2 Å². The SMILES string of the molecule is CS(=O)(=O)C1(c2cc(N3C[C@H]4CC[C@@H](C3)O4)nn3cncc23)CC1. The zero-order valence-electron chi connectivity index (χ0n) is 13.6. The molecule has 8 heteroatoms. The molecule has 2 saturated heterocycles. The average Bonchev–Trinajstić information content (AvgIpc) is 3.12. The van der Waals surface area contributed by atoms with Crippen molar-refractivity contribution in [1.29, 1.82) is 0 Å². The second-order valence-corrected chi connectivity index (χ2v) is 9.59. The van der Waals surface area contributed by atoms with Crippen LogP contribution in [0.5, 0.6) is 0 Å². The van der Waals surface area contributed by atoms with Crippen LogP contribution in [-0.2, 0) is 19.3 Å². The predicted molar refractivity (Wildman–Crippen MR) is 88.9 cm³/mol. The molecule has 2 bridgehead atoms. The van der Waals surface area contributed by atoms with Gasteiger partial charge in [0.05, 0.1) is 28.7 Å². The third-order valence-electron chi connectivity index (χ3n) is 5.65. The Bertz CT molecular complexity index is 907. The molecule has 0 radical (unpaired) electrons. The molecule has 2 aromatic rings. The number of sulfone groups is 1. The number of morpholine rings is 1. The summed E-state index contributed by atoms with van der Waals surface area (Å²) in [6.45, 7) is 1.63. The molecule has 0 spiro atoms. The number of imidazole rings is 1. The Balaban J connectivity index is 1.64. The van der Waals surface area contributed by atoms with Crippen LogP contribution in [0, 0.1) is 0 Å². The largest absolute Gasteiger partial charge is 0.371 e. The van der Waals surface area contributed by atoms with Crippen molar-refractivity contribution in [2.45, 2.75) is 42.6 Å². The summed E-state index contributed by atoms with van der Waals surface area (Å²) in [6, 6.07) is 1.97. The van der Waals surface area contributed by atoms with Crippen LogP contribution in [-0.4, -0.2) is 54.6 Å². The number of fused-ring (bicyclic) bond motifs is 3. The molecule has 0 N–H and O–H groups in total. The zero-order chi connectivity index (χ0) is 16.5. The molecular weight excluding hydrogens is 328 g/mol. The Morgan fingerprint density at radius 3 is 2.58 bits per heavy atom. The summed E-state index contributed by atoms with van der Waals surface area (Å²) in [7, 11) is -3.18. The van der Waals surface area contributed by atoms with Gasteiger partial charge in [-0.05, 0) is 31.7 Å². The Morgan fingerprint density at radius 2 is 1.96 bits per heavy atom. The van der Waals surface area contributed by atoms with Gasteiger partial charge in [-0.15, -0.1) is 5.10 Å². The summed E-state index contributed by atoms with van der Waals surface area (Å²) in [5.74, 6) is 0.825. The van der Waals surface area contributed by atoms with Crippen molar-refractivity contribution >= 4 is 21.2 Å². The summed E-state index contributed by atoms with van der Waals surface area (Å²) < 4.78 is 31.6. The van der Waals surface area contributed by atoms with E-state index in [1.54, 1.807) is 17.0 Å². The van der Waals surface area contributed by atoms with Crippen molar-refractivity contribution in [1.82, 2.24) is 14.6 Å². The first-order valence-electron chi connectivity index (χ1n) is 8.40. The van der Waals surface area contributed by atoms with E-state index in [1.165, 1.54) is 6.26 Å². The first kappa shape index (κ1) is 14.7. The third-order valence-corrected chi connectivity index (χ3v) is 7.70. The van der Waals surface area contributed by atoms with Gasteiger partial charge in [0, 0.05) is 24.9 Å². The van der Waals surface area contributed by atoms with Crippen molar-refractivity contribution in [3.63, 3.8) is 0 Å². The highest BCUT2D eigenvalue weighted by molar-refractivity contribution is 7.92. The average molecular weight is 348 g/mol. The Morgan fingerprint density at radius 1 is 1.25 bits per heavy atom. The van der Waals surface area contributed by atoms with E-state index < -0.39 is 14.6 Å². The molecule has 2 atom stereocenters. The van der Waals surface area contributed by atoms with Crippen molar-refractivity contribution < 1.29 is 13.2 Å². The molecule has 0 aromatic carbocycles. The van der Waals surface area contributed by atoms with E-state index >= 15 is 0 Å². The van der Waals surface area contributed by atoms with Gasteiger partial charge in [0.15, 0.2) is 9.84 Å². The number of rotatable bonds is 3. The molecule has 3 fully saturated rings. The van der Waals surface area contributed by atoms with Crippen molar-refractivity contribution in [2.24, 2.45) is 0 Å². The standard InChI is InChI=1S/C16H20N4O3S/c1-24(21,22)16(4-5-16)13-6-15(18-20-10-17-7-14(13)20)19-8-11-2-3-12(9-19)23-11/h6-7,10-12H,2-5,8-9H2,1H3/t11-,12+. The third kappa shape index (κ3) is 2.02. The van der Waals surface area contributed by atoms with E-state index in [-0.39, 0.29) is 12.2 Å². The van der Waals surface area contributed by atoms with Crippen LogP contribution in [0.1, 0.15) is 31.2 Å². The summed E-state index contributed by atoms with van der Waals surface area (Å²) in [6.07, 6.45) is 8.74. The minimum atomic E-state index is -3.18. The molecule has 1 saturated carbocycles. The van der Waals surface area contributed by atoms with Crippen LogP contribution in [0.3, 0.4) is 0 Å². The lowest BCUT2D eigenvalue weighted by atomic mass is 10.1. The number of nitrogens with zero attached hydrogens (tertiary/aromatic N) is 4. The molecule has 5 rings (SSSR count). The van der Waals surface area contributed by atoms with Gasteiger partial charge in [-0.25, -0.2) is 17.9 Å². The predicted octanol–water partition coefficient (Wildman–Crippen LogP) is 1.13. The molecular formula is C16H20N4O3S. The highest BCUT2D eigenvalue weighted by Gasteiger charge is 2.55. The molecule has 4 heterocycles. The van der Waals surface area contributed by atoms with Crippen LogP contribution in [0.25, 0.3) is 5.52 Å². The molecule has 0 unspecified atom stereocenters. The van der Waals surface area contributed by atoms with Gasteiger partial charge >= 0.3 is 0 Å². The van der Waals surface area contributed by atoms with Crippen LogP contribution in [0.4, 0.5) is 5.82 Å². The molecule has 1 aliphatic carbocycles. The summed E-state index contributed by atoms with van der Waals surface area (Å²) in [5, 5.41) is 4.67. The van der Waals surface area contributed by atoms with Crippen molar-refractivity contribution in [3.8, 4) is 0 Å². The van der Waals surface area contributed by atoms with E-state index in [4.69, 9.17) is 4.74 Å². The van der Waals surface area contributed by atoms with Gasteiger partial charge in [0.25, 0.3) is 0 Å². The lowest BCUT2D eigenvalue weighted by Gasteiger charge is -2.33. The van der Waals surface area contributed by atoms with Crippen LogP contribution >= 0.6 is 0 Å². The molecule has 3 aliphatic rings. The van der Waals surface area contributed by atoms with Crippen LogP contribution in [0.2, 0.25) is 0 Å². The quantitative estimate of drug-likeness (QED) is 0.828. The number of anilines is 1.